The Kier molecular flexibility index (Phi) is 5.76. The quantitative estimate of drug-likeness (QED) is 0.644. The summed E-state index contributed by atoms with van der Waals surface area (Å²) in [5.41, 5.74) is 0.633. The van der Waals surface area contributed by atoms with Crippen molar-refractivity contribution in [1.29, 1.82) is 0 Å². The average molecular weight is 330 g/mol. The van der Waals surface area contributed by atoms with Gasteiger partial charge in [0.1, 0.15) is 5.82 Å². The zero-order valence-corrected chi connectivity index (χ0v) is 13.1. The van der Waals surface area contributed by atoms with Gasteiger partial charge in [0.05, 0.1) is 5.02 Å². The van der Waals surface area contributed by atoms with E-state index in [1.165, 1.54) is 12.1 Å². The Balaban J connectivity index is 1.67. The number of rotatable bonds is 5. The third-order valence-corrected chi connectivity index (χ3v) is 3.78. The maximum atomic E-state index is 13.0. The van der Waals surface area contributed by atoms with Crippen LogP contribution in [0.15, 0.2) is 18.2 Å². The van der Waals surface area contributed by atoms with Gasteiger partial charge in [0.25, 0.3) is 0 Å². The van der Waals surface area contributed by atoms with E-state index in [-0.39, 0.29) is 10.9 Å². The molecule has 114 valence electrons. The van der Waals surface area contributed by atoms with Gasteiger partial charge in [-0.15, -0.1) is 0 Å². The van der Waals surface area contributed by atoms with Crippen LogP contribution in [0.4, 0.5) is 10.1 Å². The molecular weight excluding hydrogens is 313 g/mol. The molecule has 0 spiro atoms. The van der Waals surface area contributed by atoms with Crippen LogP contribution in [0.1, 0.15) is 19.3 Å². The van der Waals surface area contributed by atoms with Crippen LogP contribution in [-0.2, 0) is 4.79 Å². The molecule has 1 aromatic rings. The molecule has 1 heterocycles. The fourth-order valence-electron chi connectivity index (χ4n) is 2.16. The van der Waals surface area contributed by atoms with E-state index in [4.69, 9.17) is 23.8 Å². The van der Waals surface area contributed by atoms with Crippen LogP contribution >= 0.6 is 23.8 Å². The number of anilines is 1. The van der Waals surface area contributed by atoms with Crippen molar-refractivity contribution in [2.75, 3.05) is 25.0 Å². The molecule has 4 nitrogen and oxygen atoms in total. The number of thiocarbonyl (C=S) groups is 1. The van der Waals surface area contributed by atoms with E-state index in [0.29, 0.717) is 23.8 Å². The third kappa shape index (κ3) is 4.82. The zero-order valence-electron chi connectivity index (χ0n) is 11.5. The topological polar surface area (TPSA) is 44.4 Å². The SMILES string of the molecule is O=C1CCCN1CCCNC(=S)Nc1ccc(F)c(Cl)c1. The minimum absolute atomic E-state index is 0.0512. The summed E-state index contributed by atoms with van der Waals surface area (Å²) in [5, 5.41) is 6.49. The Hall–Kier alpha value is -1.40. The molecule has 2 rings (SSSR count). The molecule has 0 aromatic heterocycles. The highest BCUT2D eigenvalue weighted by molar-refractivity contribution is 7.80. The lowest BCUT2D eigenvalue weighted by Crippen LogP contribution is -2.32. The van der Waals surface area contributed by atoms with Gasteiger partial charge in [-0.1, -0.05) is 11.6 Å². The molecule has 0 bridgehead atoms. The highest BCUT2D eigenvalue weighted by Crippen LogP contribution is 2.19. The largest absolute Gasteiger partial charge is 0.362 e. The molecule has 1 aliphatic heterocycles. The average Bonchev–Trinajstić information content (AvgIpc) is 2.85. The lowest BCUT2D eigenvalue weighted by Gasteiger charge is -2.16. The Morgan fingerprint density at radius 1 is 1.48 bits per heavy atom. The summed E-state index contributed by atoms with van der Waals surface area (Å²) in [7, 11) is 0. The summed E-state index contributed by atoms with van der Waals surface area (Å²) in [6, 6.07) is 4.33. The van der Waals surface area contributed by atoms with Gasteiger partial charge in [-0.05, 0) is 43.3 Å². The number of hydrogen-bond acceptors (Lipinski definition) is 2. The number of carbonyl (C=O) groups excluding carboxylic acids is 1. The summed E-state index contributed by atoms with van der Waals surface area (Å²) in [4.78, 5) is 13.3. The second-order valence-electron chi connectivity index (χ2n) is 4.85. The molecule has 0 radical (unpaired) electrons. The van der Waals surface area contributed by atoms with Gasteiger partial charge < -0.3 is 15.5 Å². The zero-order chi connectivity index (χ0) is 15.2. The Labute approximate surface area is 133 Å². The molecule has 21 heavy (non-hydrogen) atoms. The fraction of sp³-hybridized carbons (Fsp3) is 0.429. The van der Waals surface area contributed by atoms with Crippen LogP contribution < -0.4 is 10.6 Å². The molecule has 1 aliphatic rings. The summed E-state index contributed by atoms with van der Waals surface area (Å²) >= 11 is 10.8. The van der Waals surface area contributed by atoms with E-state index >= 15 is 0 Å². The molecule has 2 N–H and O–H groups in total. The van der Waals surface area contributed by atoms with Gasteiger partial charge in [0, 0.05) is 31.7 Å². The molecule has 0 aliphatic carbocycles. The smallest absolute Gasteiger partial charge is 0.222 e. The molecule has 1 amide bonds. The van der Waals surface area contributed by atoms with Crippen molar-refractivity contribution >= 4 is 40.5 Å². The van der Waals surface area contributed by atoms with Crippen molar-refractivity contribution in [3.05, 3.63) is 29.0 Å². The van der Waals surface area contributed by atoms with Gasteiger partial charge >= 0.3 is 0 Å². The monoisotopic (exact) mass is 329 g/mol. The minimum atomic E-state index is -0.462. The highest BCUT2D eigenvalue weighted by Gasteiger charge is 2.18. The number of carbonyl (C=O) groups is 1. The van der Waals surface area contributed by atoms with Crippen molar-refractivity contribution in [3.8, 4) is 0 Å². The van der Waals surface area contributed by atoms with Crippen LogP contribution in [0.25, 0.3) is 0 Å². The van der Waals surface area contributed by atoms with Crippen molar-refractivity contribution < 1.29 is 9.18 Å². The number of nitrogens with zero attached hydrogens (tertiary/aromatic N) is 1. The summed E-state index contributed by atoms with van der Waals surface area (Å²) in [5.74, 6) is -0.229. The molecule has 1 aromatic carbocycles. The van der Waals surface area contributed by atoms with Crippen LogP contribution in [0.5, 0.6) is 0 Å². The number of benzene rings is 1. The first-order chi connectivity index (χ1) is 10.1. The van der Waals surface area contributed by atoms with Crippen molar-refractivity contribution in [2.24, 2.45) is 0 Å². The second kappa shape index (κ2) is 7.56. The Morgan fingerprint density at radius 3 is 2.95 bits per heavy atom. The number of amides is 1. The summed E-state index contributed by atoms with van der Waals surface area (Å²) < 4.78 is 13.0. The van der Waals surface area contributed by atoms with Crippen molar-refractivity contribution in [1.82, 2.24) is 10.2 Å². The van der Waals surface area contributed by atoms with E-state index in [0.717, 1.165) is 25.9 Å². The highest BCUT2D eigenvalue weighted by atomic mass is 35.5. The van der Waals surface area contributed by atoms with Crippen molar-refractivity contribution in [2.45, 2.75) is 19.3 Å². The molecule has 0 saturated carbocycles. The van der Waals surface area contributed by atoms with E-state index in [9.17, 15) is 9.18 Å². The van der Waals surface area contributed by atoms with E-state index in [2.05, 4.69) is 10.6 Å². The maximum Gasteiger partial charge on any atom is 0.222 e. The van der Waals surface area contributed by atoms with E-state index in [1.807, 2.05) is 4.90 Å². The summed E-state index contributed by atoms with van der Waals surface area (Å²) in [6.45, 7) is 2.27. The number of hydrogen-bond donors (Lipinski definition) is 2. The van der Waals surface area contributed by atoms with Crippen LogP contribution in [0.2, 0.25) is 5.02 Å². The Bertz CT molecular complexity index is 541. The summed E-state index contributed by atoms with van der Waals surface area (Å²) in [6.07, 6.45) is 2.45. The maximum absolute atomic E-state index is 13.0. The molecule has 0 unspecified atom stereocenters. The number of likely N-dealkylation sites (tertiary alicyclic amines) is 1. The molecule has 0 atom stereocenters. The first-order valence-electron chi connectivity index (χ1n) is 6.84. The van der Waals surface area contributed by atoms with Gasteiger partial charge in [0.2, 0.25) is 5.91 Å². The lowest BCUT2D eigenvalue weighted by molar-refractivity contribution is -0.127. The molecule has 1 fully saturated rings. The van der Waals surface area contributed by atoms with Gasteiger partial charge in [0.15, 0.2) is 5.11 Å². The van der Waals surface area contributed by atoms with Gasteiger partial charge in [-0.25, -0.2) is 4.39 Å². The van der Waals surface area contributed by atoms with Crippen LogP contribution in [0, 0.1) is 5.82 Å². The lowest BCUT2D eigenvalue weighted by atomic mass is 10.3. The first kappa shape index (κ1) is 16.0. The van der Waals surface area contributed by atoms with Crippen LogP contribution in [0.3, 0.4) is 0 Å². The predicted octanol–water partition coefficient (Wildman–Crippen LogP) is 2.78. The van der Waals surface area contributed by atoms with Crippen molar-refractivity contribution in [3.63, 3.8) is 0 Å². The third-order valence-electron chi connectivity index (χ3n) is 3.24. The minimum Gasteiger partial charge on any atom is -0.362 e. The normalized spacial score (nSPS) is 14.4. The predicted molar refractivity (Wildman–Crippen MR) is 86.1 cm³/mol. The van der Waals surface area contributed by atoms with E-state index in [1.54, 1.807) is 6.07 Å². The first-order valence-corrected chi connectivity index (χ1v) is 7.62. The molecular formula is C14H17ClFN3OS. The molecule has 1 saturated heterocycles. The van der Waals surface area contributed by atoms with Gasteiger partial charge in [-0.3, -0.25) is 4.79 Å². The number of nitrogens with one attached hydrogen (secondary N) is 2. The van der Waals surface area contributed by atoms with Crippen LogP contribution in [-0.4, -0.2) is 35.6 Å². The molecule has 7 heteroatoms. The second-order valence-corrected chi connectivity index (χ2v) is 5.66. The van der Waals surface area contributed by atoms with E-state index < -0.39 is 5.82 Å². The fourth-order valence-corrected chi connectivity index (χ4v) is 2.56. The van der Waals surface area contributed by atoms with Gasteiger partial charge in [-0.2, -0.15) is 0 Å². The Morgan fingerprint density at radius 2 is 2.29 bits per heavy atom. The standard InChI is InChI=1S/C14H17ClFN3OS/c15-11-9-10(4-5-12(11)16)18-14(21)17-6-2-8-19-7-1-3-13(19)20/h4-5,9H,1-3,6-8H2,(H2,17,18,21). The number of halogens is 2.